The van der Waals surface area contributed by atoms with Crippen LogP contribution in [0.3, 0.4) is 0 Å². The van der Waals surface area contributed by atoms with Gasteiger partial charge in [-0.1, -0.05) is 42.8 Å². The third-order valence-electron chi connectivity index (χ3n) is 4.37. The Hall–Kier alpha value is -2.04. The first kappa shape index (κ1) is 17.8. The van der Waals surface area contributed by atoms with Crippen LogP contribution in [0.5, 0.6) is 11.5 Å². The molecular formula is C21H26O4. The number of ether oxygens (including phenoxy) is 4. The molecule has 1 fully saturated rings. The normalized spacial score (nSPS) is 16.3. The van der Waals surface area contributed by atoms with Crippen LogP contribution in [0.4, 0.5) is 0 Å². The van der Waals surface area contributed by atoms with E-state index in [9.17, 15) is 0 Å². The van der Waals surface area contributed by atoms with E-state index in [-0.39, 0.29) is 6.79 Å². The second kappa shape index (κ2) is 9.44. The summed E-state index contributed by atoms with van der Waals surface area (Å²) in [6.45, 7) is 1.21. The van der Waals surface area contributed by atoms with Gasteiger partial charge in [-0.05, 0) is 37.1 Å². The summed E-state index contributed by atoms with van der Waals surface area (Å²) in [5.74, 6) is 1.12. The van der Waals surface area contributed by atoms with E-state index in [2.05, 4.69) is 0 Å². The molecule has 0 amide bonds. The number of hydrogen-bond donors (Lipinski definition) is 0. The van der Waals surface area contributed by atoms with Crippen molar-refractivity contribution in [1.82, 2.24) is 0 Å². The van der Waals surface area contributed by atoms with Crippen molar-refractivity contribution < 1.29 is 18.9 Å². The molecule has 0 unspecified atom stereocenters. The SMILES string of the molecule is c1ccc(OCCOC2(OCOc3ccccc3)CCCCC2)cc1. The highest BCUT2D eigenvalue weighted by atomic mass is 16.8. The highest BCUT2D eigenvalue weighted by Crippen LogP contribution is 2.33. The van der Waals surface area contributed by atoms with Crippen LogP contribution in [-0.4, -0.2) is 25.8 Å². The third kappa shape index (κ3) is 5.76. The van der Waals surface area contributed by atoms with Crippen molar-refractivity contribution >= 4 is 0 Å². The second-order valence-electron chi connectivity index (χ2n) is 6.20. The molecule has 2 aromatic rings. The van der Waals surface area contributed by atoms with Crippen LogP contribution < -0.4 is 9.47 Å². The minimum absolute atomic E-state index is 0.198. The Balaban J connectivity index is 1.44. The molecule has 0 N–H and O–H groups in total. The molecule has 0 spiro atoms. The Morgan fingerprint density at radius 3 is 1.88 bits per heavy atom. The first-order valence-corrected chi connectivity index (χ1v) is 9.00. The van der Waals surface area contributed by atoms with Gasteiger partial charge in [0.2, 0.25) is 0 Å². The molecule has 4 nitrogen and oxygen atoms in total. The summed E-state index contributed by atoms with van der Waals surface area (Å²) in [6.07, 6.45) is 5.26. The van der Waals surface area contributed by atoms with E-state index in [1.165, 1.54) is 6.42 Å². The predicted octanol–water partition coefficient (Wildman–Crippen LogP) is 4.80. The van der Waals surface area contributed by atoms with Crippen molar-refractivity contribution in [2.24, 2.45) is 0 Å². The van der Waals surface area contributed by atoms with Crippen LogP contribution in [0.25, 0.3) is 0 Å². The molecule has 0 atom stereocenters. The van der Waals surface area contributed by atoms with Gasteiger partial charge in [0.15, 0.2) is 12.6 Å². The summed E-state index contributed by atoms with van der Waals surface area (Å²) in [4.78, 5) is 0. The fourth-order valence-electron chi connectivity index (χ4n) is 3.05. The number of para-hydroxylation sites is 2. The van der Waals surface area contributed by atoms with Gasteiger partial charge in [-0.25, -0.2) is 0 Å². The topological polar surface area (TPSA) is 36.9 Å². The maximum Gasteiger partial charge on any atom is 0.192 e. The van der Waals surface area contributed by atoms with Gasteiger partial charge in [0.05, 0.1) is 6.61 Å². The van der Waals surface area contributed by atoms with E-state index in [1.54, 1.807) is 0 Å². The quantitative estimate of drug-likeness (QED) is 0.485. The molecule has 25 heavy (non-hydrogen) atoms. The van der Waals surface area contributed by atoms with Crippen LogP contribution in [0, 0.1) is 0 Å². The minimum atomic E-state index is -0.549. The molecule has 1 saturated carbocycles. The minimum Gasteiger partial charge on any atom is -0.491 e. The molecule has 2 aromatic carbocycles. The largest absolute Gasteiger partial charge is 0.491 e. The third-order valence-corrected chi connectivity index (χ3v) is 4.37. The van der Waals surface area contributed by atoms with Crippen LogP contribution in [0.1, 0.15) is 32.1 Å². The van der Waals surface area contributed by atoms with Crippen molar-refractivity contribution in [2.75, 3.05) is 20.0 Å². The van der Waals surface area contributed by atoms with Gasteiger partial charge in [-0.15, -0.1) is 0 Å². The molecule has 4 heteroatoms. The molecule has 1 aliphatic carbocycles. The Labute approximate surface area is 149 Å². The Morgan fingerprint density at radius 1 is 0.640 bits per heavy atom. The fourth-order valence-corrected chi connectivity index (χ4v) is 3.05. The molecular weight excluding hydrogens is 316 g/mol. The Bertz CT molecular complexity index is 594. The lowest BCUT2D eigenvalue weighted by Crippen LogP contribution is -2.40. The summed E-state index contributed by atoms with van der Waals surface area (Å²) < 4.78 is 23.5. The van der Waals surface area contributed by atoms with Gasteiger partial charge in [0.25, 0.3) is 0 Å². The molecule has 0 aromatic heterocycles. The molecule has 0 radical (unpaired) electrons. The summed E-state index contributed by atoms with van der Waals surface area (Å²) in [7, 11) is 0. The van der Waals surface area contributed by atoms with Gasteiger partial charge in [-0.3, -0.25) is 0 Å². The number of benzene rings is 2. The molecule has 0 heterocycles. The van der Waals surface area contributed by atoms with Crippen molar-refractivity contribution in [3.63, 3.8) is 0 Å². The van der Waals surface area contributed by atoms with E-state index in [0.29, 0.717) is 13.2 Å². The summed E-state index contributed by atoms with van der Waals surface area (Å²) in [6, 6.07) is 19.5. The van der Waals surface area contributed by atoms with Crippen molar-refractivity contribution in [1.29, 1.82) is 0 Å². The summed E-state index contributed by atoms with van der Waals surface area (Å²) in [5, 5.41) is 0. The van der Waals surface area contributed by atoms with Crippen LogP contribution in [-0.2, 0) is 9.47 Å². The molecule has 0 bridgehead atoms. The van der Waals surface area contributed by atoms with Crippen molar-refractivity contribution in [3.05, 3.63) is 60.7 Å². The highest BCUT2D eigenvalue weighted by Gasteiger charge is 2.34. The van der Waals surface area contributed by atoms with E-state index in [0.717, 1.165) is 37.2 Å². The molecule has 1 aliphatic rings. The first-order chi connectivity index (χ1) is 12.4. The molecule has 134 valence electrons. The second-order valence-corrected chi connectivity index (χ2v) is 6.20. The Morgan fingerprint density at radius 2 is 1.24 bits per heavy atom. The average molecular weight is 342 g/mol. The zero-order valence-electron chi connectivity index (χ0n) is 14.6. The van der Waals surface area contributed by atoms with E-state index in [4.69, 9.17) is 18.9 Å². The lowest BCUT2D eigenvalue weighted by Gasteiger charge is -2.36. The van der Waals surface area contributed by atoms with Crippen molar-refractivity contribution in [2.45, 2.75) is 37.9 Å². The Kier molecular flexibility index (Phi) is 6.71. The lowest BCUT2D eigenvalue weighted by atomic mass is 9.94. The summed E-state index contributed by atoms with van der Waals surface area (Å²) in [5.41, 5.74) is 0. The van der Waals surface area contributed by atoms with Gasteiger partial charge in [-0.2, -0.15) is 0 Å². The molecule has 0 aliphatic heterocycles. The average Bonchev–Trinajstić information content (AvgIpc) is 2.68. The van der Waals surface area contributed by atoms with Crippen LogP contribution >= 0.6 is 0 Å². The van der Waals surface area contributed by atoms with Crippen LogP contribution in [0.2, 0.25) is 0 Å². The van der Waals surface area contributed by atoms with E-state index in [1.807, 2.05) is 60.7 Å². The van der Waals surface area contributed by atoms with Gasteiger partial charge >= 0.3 is 0 Å². The maximum atomic E-state index is 6.10. The van der Waals surface area contributed by atoms with E-state index >= 15 is 0 Å². The zero-order chi connectivity index (χ0) is 17.2. The predicted molar refractivity (Wildman–Crippen MR) is 96.7 cm³/mol. The van der Waals surface area contributed by atoms with Gasteiger partial charge < -0.3 is 18.9 Å². The van der Waals surface area contributed by atoms with Crippen LogP contribution in [0.15, 0.2) is 60.7 Å². The maximum absolute atomic E-state index is 6.10. The standard InChI is InChI=1S/C21H26O4/c1-4-10-19(11-5-1)22-16-17-24-21(14-8-3-9-15-21)25-18-23-20-12-6-2-7-13-20/h1-2,4-7,10-13H,3,8-9,14-18H2. The van der Waals surface area contributed by atoms with Crippen molar-refractivity contribution in [3.8, 4) is 11.5 Å². The molecule has 0 saturated heterocycles. The highest BCUT2D eigenvalue weighted by molar-refractivity contribution is 5.21. The first-order valence-electron chi connectivity index (χ1n) is 9.00. The zero-order valence-corrected chi connectivity index (χ0v) is 14.6. The lowest BCUT2D eigenvalue weighted by molar-refractivity contribution is -0.274. The molecule has 3 rings (SSSR count). The smallest absolute Gasteiger partial charge is 0.192 e. The van der Waals surface area contributed by atoms with Gasteiger partial charge in [0.1, 0.15) is 18.1 Å². The summed E-state index contributed by atoms with van der Waals surface area (Å²) >= 11 is 0. The monoisotopic (exact) mass is 342 g/mol. The number of hydrogen-bond acceptors (Lipinski definition) is 4. The van der Waals surface area contributed by atoms with E-state index < -0.39 is 5.79 Å². The fraction of sp³-hybridized carbons (Fsp3) is 0.429. The van der Waals surface area contributed by atoms with Gasteiger partial charge in [0, 0.05) is 12.8 Å². The number of rotatable bonds is 9.